The van der Waals surface area contributed by atoms with Gasteiger partial charge >= 0.3 is 0 Å². The van der Waals surface area contributed by atoms with Gasteiger partial charge in [-0.2, -0.15) is 0 Å². The number of aromatic nitrogens is 2. The van der Waals surface area contributed by atoms with Crippen LogP contribution in [0.4, 0.5) is 5.82 Å². The van der Waals surface area contributed by atoms with E-state index in [0.29, 0.717) is 23.3 Å². The Kier molecular flexibility index (Phi) is 4.12. The number of hydrogen-bond donors (Lipinski definition) is 2. The van der Waals surface area contributed by atoms with E-state index in [-0.39, 0.29) is 5.91 Å². The van der Waals surface area contributed by atoms with Crippen LogP contribution in [0.1, 0.15) is 36.7 Å². The van der Waals surface area contributed by atoms with Crippen LogP contribution >= 0.6 is 0 Å². The van der Waals surface area contributed by atoms with Gasteiger partial charge in [0, 0.05) is 13.6 Å². The van der Waals surface area contributed by atoms with Gasteiger partial charge < -0.3 is 10.6 Å². The summed E-state index contributed by atoms with van der Waals surface area (Å²) in [7, 11) is 1.76. The van der Waals surface area contributed by atoms with Crippen LogP contribution in [0, 0.1) is 11.8 Å². The molecule has 1 aliphatic rings. The van der Waals surface area contributed by atoms with Gasteiger partial charge in [-0.1, -0.05) is 19.8 Å². The average molecular weight is 248 g/mol. The third-order valence-corrected chi connectivity index (χ3v) is 3.69. The molecule has 5 heteroatoms. The molecule has 0 radical (unpaired) electrons. The number of nitrogens with zero attached hydrogens (tertiary/aromatic N) is 2. The molecule has 0 aromatic carbocycles. The molecule has 1 amide bonds. The van der Waals surface area contributed by atoms with Crippen LogP contribution in [0.25, 0.3) is 0 Å². The molecule has 1 heterocycles. The lowest BCUT2D eigenvalue weighted by atomic mass is 9.98. The van der Waals surface area contributed by atoms with E-state index < -0.39 is 0 Å². The van der Waals surface area contributed by atoms with Gasteiger partial charge in [-0.05, 0) is 18.3 Å². The fraction of sp³-hybridized carbons (Fsp3) is 0.615. The van der Waals surface area contributed by atoms with Crippen molar-refractivity contribution in [2.24, 2.45) is 11.8 Å². The first-order valence-corrected chi connectivity index (χ1v) is 6.48. The van der Waals surface area contributed by atoms with Crippen molar-refractivity contribution in [2.45, 2.75) is 26.2 Å². The van der Waals surface area contributed by atoms with Crippen LogP contribution < -0.4 is 10.6 Å². The first-order chi connectivity index (χ1) is 8.70. The second-order valence-electron chi connectivity index (χ2n) is 4.92. The molecule has 1 aromatic heterocycles. The number of nitrogens with one attached hydrogen (secondary N) is 2. The number of anilines is 1. The van der Waals surface area contributed by atoms with Gasteiger partial charge in [-0.25, -0.2) is 4.98 Å². The van der Waals surface area contributed by atoms with E-state index in [1.54, 1.807) is 13.2 Å². The standard InChI is InChI=1S/C13H20N4O/c1-9-4-3-5-10(9)6-16-13(18)11-7-15-8-12(14-2)17-11/h7-10H,3-6H2,1-2H3,(H,14,17)(H,16,18). The lowest BCUT2D eigenvalue weighted by Gasteiger charge is -2.15. The lowest BCUT2D eigenvalue weighted by Crippen LogP contribution is -2.31. The van der Waals surface area contributed by atoms with Crippen molar-refractivity contribution in [3.05, 3.63) is 18.1 Å². The van der Waals surface area contributed by atoms with Crippen molar-refractivity contribution in [1.29, 1.82) is 0 Å². The molecule has 1 aliphatic carbocycles. The van der Waals surface area contributed by atoms with Crippen molar-refractivity contribution in [3.63, 3.8) is 0 Å². The molecule has 0 aliphatic heterocycles. The Morgan fingerprint density at radius 1 is 1.44 bits per heavy atom. The first kappa shape index (κ1) is 12.8. The zero-order valence-electron chi connectivity index (χ0n) is 10.9. The minimum absolute atomic E-state index is 0.140. The summed E-state index contributed by atoms with van der Waals surface area (Å²) in [6.07, 6.45) is 6.85. The van der Waals surface area contributed by atoms with Crippen LogP contribution in [0.3, 0.4) is 0 Å². The van der Waals surface area contributed by atoms with Crippen molar-refractivity contribution < 1.29 is 4.79 Å². The molecule has 2 atom stereocenters. The smallest absolute Gasteiger partial charge is 0.271 e. The molecular formula is C13H20N4O. The first-order valence-electron chi connectivity index (χ1n) is 6.48. The van der Waals surface area contributed by atoms with E-state index in [1.807, 2.05) is 0 Å². The third-order valence-electron chi connectivity index (χ3n) is 3.69. The predicted molar refractivity (Wildman–Crippen MR) is 70.4 cm³/mol. The summed E-state index contributed by atoms with van der Waals surface area (Å²) in [6, 6.07) is 0. The van der Waals surface area contributed by atoms with Gasteiger partial charge in [0.1, 0.15) is 11.5 Å². The number of carbonyl (C=O) groups excluding carboxylic acids is 1. The van der Waals surface area contributed by atoms with E-state index in [9.17, 15) is 4.79 Å². The zero-order chi connectivity index (χ0) is 13.0. The van der Waals surface area contributed by atoms with Gasteiger partial charge in [-0.3, -0.25) is 9.78 Å². The van der Waals surface area contributed by atoms with E-state index in [2.05, 4.69) is 27.5 Å². The van der Waals surface area contributed by atoms with Gasteiger partial charge in [-0.15, -0.1) is 0 Å². The summed E-state index contributed by atoms with van der Waals surface area (Å²) in [4.78, 5) is 20.1. The highest BCUT2D eigenvalue weighted by Gasteiger charge is 2.23. The van der Waals surface area contributed by atoms with Crippen molar-refractivity contribution >= 4 is 11.7 Å². The monoisotopic (exact) mass is 248 g/mol. The minimum Gasteiger partial charge on any atom is -0.372 e. The fourth-order valence-corrected chi connectivity index (χ4v) is 2.44. The summed E-state index contributed by atoms with van der Waals surface area (Å²) in [5.74, 6) is 1.78. The Hall–Kier alpha value is -1.65. The van der Waals surface area contributed by atoms with Crippen LogP contribution in [0.15, 0.2) is 12.4 Å². The Balaban J connectivity index is 1.90. The molecular weight excluding hydrogens is 228 g/mol. The van der Waals surface area contributed by atoms with Crippen LogP contribution in [-0.4, -0.2) is 29.5 Å². The maximum atomic E-state index is 11.9. The number of carbonyl (C=O) groups is 1. The van der Waals surface area contributed by atoms with Crippen LogP contribution in [-0.2, 0) is 0 Å². The Labute approximate surface area is 107 Å². The molecule has 18 heavy (non-hydrogen) atoms. The normalized spacial score (nSPS) is 22.8. The highest BCUT2D eigenvalue weighted by Crippen LogP contribution is 2.30. The molecule has 0 saturated heterocycles. The molecule has 1 saturated carbocycles. The van der Waals surface area contributed by atoms with Gasteiger partial charge in [0.05, 0.1) is 12.4 Å². The topological polar surface area (TPSA) is 66.9 Å². The van der Waals surface area contributed by atoms with Crippen molar-refractivity contribution in [3.8, 4) is 0 Å². The molecule has 2 N–H and O–H groups in total. The molecule has 1 fully saturated rings. The second-order valence-corrected chi connectivity index (χ2v) is 4.92. The molecule has 2 rings (SSSR count). The molecule has 5 nitrogen and oxygen atoms in total. The number of hydrogen-bond acceptors (Lipinski definition) is 4. The van der Waals surface area contributed by atoms with Gasteiger partial charge in [0.15, 0.2) is 0 Å². The van der Waals surface area contributed by atoms with E-state index in [1.165, 1.54) is 25.5 Å². The average Bonchev–Trinajstić information content (AvgIpc) is 2.81. The summed E-state index contributed by atoms with van der Waals surface area (Å²) >= 11 is 0. The SMILES string of the molecule is CNc1cncc(C(=O)NCC2CCCC2C)n1. The van der Waals surface area contributed by atoms with Crippen molar-refractivity contribution in [2.75, 3.05) is 18.9 Å². The quantitative estimate of drug-likeness (QED) is 0.851. The lowest BCUT2D eigenvalue weighted by molar-refractivity contribution is 0.0939. The third kappa shape index (κ3) is 2.97. The van der Waals surface area contributed by atoms with Crippen molar-refractivity contribution in [1.82, 2.24) is 15.3 Å². The van der Waals surface area contributed by atoms with Crippen LogP contribution in [0.2, 0.25) is 0 Å². The molecule has 2 unspecified atom stereocenters. The summed E-state index contributed by atoms with van der Waals surface area (Å²) < 4.78 is 0. The molecule has 0 bridgehead atoms. The maximum Gasteiger partial charge on any atom is 0.271 e. The molecule has 0 spiro atoms. The number of rotatable bonds is 4. The Bertz CT molecular complexity index is 421. The highest BCUT2D eigenvalue weighted by atomic mass is 16.1. The molecule has 98 valence electrons. The summed E-state index contributed by atoms with van der Waals surface area (Å²) in [6.45, 7) is 3.00. The fourth-order valence-electron chi connectivity index (χ4n) is 2.44. The van der Waals surface area contributed by atoms with Crippen LogP contribution in [0.5, 0.6) is 0 Å². The zero-order valence-corrected chi connectivity index (χ0v) is 10.9. The largest absolute Gasteiger partial charge is 0.372 e. The summed E-state index contributed by atoms with van der Waals surface area (Å²) in [5, 5.41) is 5.83. The maximum absolute atomic E-state index is 11.9. The van der Waals surface area contributed by atoms with E-state index >= 15 is 0 Å². The van der Waals surface area contributed by atoms with Gasteiger partial charge in [0.25, 0.3) is 5.91 Å². The van der Waals surface area contributed by atoms with E-state index in [4.69, 9.17) is 0 Å². The Morgan fingerprint density at radius 2 is 2.28 bits per heavy atom. The predicted octanol–water partition coefficient (Wildman–Crippen LogP) is 1.68. The second kappa shape index (κ2) is 5.80. The summed E-state index contributed by atoms with van der Waals surface area (Å²) in [5.41, 5.74) is 0.368. The van der Waals surface area contributed by atoms with E-state index in [0.717, 1.165) is 6.54 Å². The van der Waals surface area contributed by atoms with Gasteiger partial charge in [0.2, 0.25) is 0 Å². The Morgan fingerprint density at radius 3 is 2.94 bits per heavy atom. The highest BCUT2D eigenvalue weighted by molar-refractivity contribution is 5.92. The molecule has 1 aromatic rings. The number of amides is 1. The minimum atomic E-state index is -0.140.